The van der Waals surface area contributed by atoms with Crippen LogP contribution in [0.1, 0.15) is 10.4 Å². The Morgan fingerprint density at radius 3 is 2.53 bits per heavy atom. The molecular weight excluding hydrogens is 254 g/mol. The molecule has 0 aliphatic carbocycles. The van der Waals surface area contributed by atoms with Crippen LogP contribution in [0.25, 0.3) is 0 Å². The SMILES string of the molecule is CN(C)C(=O)CNc1ccc([N+](=O)[O-])cc1C(=O)O. The summed E-state index contributed by atoms with van der Waals surface area (Å²) in [5.74, 6) is -1.54. The van der Waals surface area contributed by atoms with E-state index in [1.54, 1.807) is 14.1 Å². The number of nitrogens with one attached hydrogen (secondary N) is 1. The summed E-state index contributed by atoms with van der Waals surface area (Å²) in [4.78, 5) is 33.6. The first kappa shape index (κ1) is 14.4. The van der Waals surface area contributed by atoms with Crippen molar-refractivity contribution in [1.82, 2.24) is 4.90 Å². The van der Waals surface area contributed by atoms with E-state index in [4.69, 9.17) is 5.11 Å². The number of carbonyl (C=O) groups excluding carboxylic acids is 1. The normalized spacial score (nSPS) is 9.79. The summed E-state index contributed by atoms with van der Waals surface area (Å²) < 4.78 is 0. The first-order chi connectivity index (χ1) is 8.82. The Labute approximate surface area is 108 Å². The molecule has 1 rings (SSSR count). The van der Waals surface area contributed by atoms with Gasteiger partial charge >= 0.3 is 5.97 Å². The molecule has 0 heterocycles. The quantitative estimate of drug-likeness (QED) is 0.602. The molecule has 8 heteroatoms. The van der Waals surface area contributed by atoms with E-state index in [9.17, 15) is 19.7 Å². The maximum atomic E-state index is 11.4. The summed E-state index contributed by atoms with van der Waals surface area (Å²) >= 11 is 0. The van der Waals surface area contributed by atoms with Crippen LogP contribution >= 0.6 is 0 Å². The zero-order valence-electron chi connectivity index (χ0n) is 10.4. The van der Waals surface area contributed by atoms with Gasteiger partial charge in [-0.3, -0.25) is 14.9 Å². The van der Waals surface area contributed by atoms with Crippen LogP contribution in [0.2, 0.25) is 0 Å². The predicted molar refractivity (Wildman–Crippen MR) is 67.2 cm³/mol. The van der Waals surface area contributed by atoms with E-state index in [1.165, 1.54) is 17.0 Å². The number of nitro benzene ring substituents is 1. The molecule has 1 amide bonds. The highest BCUT2D eigenvalue weighted by Crippen LogP contribution is 2.22. The largest absolute Gasteiger partial charge is 0.478 e. The Morgan fingerprint density at radius 2 is 2.05 bits per heavy atom. The van der Waals surface area contributed by atoms with E-state index in [2.05, 4.69) is 5.32 Å². The van der Waals surface area contributed by atoms with E-state index in [0.717, 1.165) is 6.07 Å². The summed E-state index contributed by atoms with van der Waals surface area (Å²) in [5.41, 5.74) is -0.407. The molecule has 0 atom stereocenters. The van der Waals surface area contributed by atoms with E-state index in [0.29, 0.717) is 0 Å². The summed E-state index contributed by atoms with van der Waals surface area (Å²) in [7, 11) is 3.13. The van der Waals surface area contributed by atoms with Crippen molar-refractivity contribution < 1.29 is 19.6 Å². The smallest absolute Gasteiger partial charge is 0.338 e. The molecule has 0 aliphatic heterocycles. The summed E-state index contributed by atoms with van der Waals surface area (Å²) in [6, 6.07) is 3.39. The lowest BCUT2D eigenvalue weighted by molar-refractivity contribution is -0.384. The summed E-state index contributed by atoms with van der Waals surface area (Å²) in [5, 5.41) is 22.2. The van der Waals surface area contributed by atoms with Gasteiger partial charge in [-0.1, -0.05) is 0 Å². The van der Waals surface area contributed by atoms with Gasteiger partial charge in [0.05, 0.1) is 17.0 Å². The molecule has 1 aromatic rings. The van der Waals surface area contributed by atoms with Crippen LogP contribution in [0.3, 0.4) is 0 Å². The predicted octanol–water partition coefficient (Wildman–Crippen LogP) is 0.793. The molecule has 0 spiro atoms. The molecule has 2 N–H and O–H groups in total. The molecule has 8 nitrogen and oxygen atoms in total. The number of hydrogen-bond donors (Lipinski definition) is 2. The first-order valence-corrected chi connectivity index (χ1v) is 5.28. The van der Waals surface area contributed by atoms with Gasteiger partial charge in [-0.2, -0.15) is 0 Å². The van der Waals surface area contributed by atoms with Gasteiger partial charge in [-0.25, -0.2) is 4.79 Å². The zero-order valence-corrected chi connectivity index (χ0v) is 10.4. The number of carboxylic acid groups (broad SMARTS) is 1. The standard InChI is InChI=1S/C11H13N3O5/c1-13(2)10(15)6-12-9-4-3-7(14(18)19)5-8(9)11(16)17/h3-5,12H,6H2,1-2H3,(H,16,17). The monoisotopic (exact) mass is 267 g/mol. The second-order valence-electron chi connectivity index (χ2n) is 3.93. The zero-order chi connectivity index (χ0) is 14.6. The average Bonchev–Trinajstić information content (AvgIpc) is 2.35. The van der Waals surface area contributed by atoms with E-state index < -0.39 is 10.9 Å². The van der Waals surface area contributed by atoms with Crippen molar-refractivity contribution in [2.24, 2.45) is 0 Å². The van der Waals surface area contributed by atoms with Gasteiger partial charge in [0, 0.05) is 31.9 Å². The number of hydrogen-bond acceptors (Lipinski definition) is 5. The maximum Gasteiger partial charge on any atom is 0.338 e. The third-order valence-corrected chi connectivity index (χ3v) is 2.37. The third kappa shape index (κ3) is 3.66. The molecule has 0 bridgehead atoms. The van der Waals surface area contributed by atoms with Crippen LogP contribution < -0.4 is 5.32 Å². The lowest BCUT2D eigenvalue weighted by atomic mass is 10.1. The Kier molecular flexibility index (Phi) is 4.41. The molecule has 0 saturated carbocycles. The van der Waals surface area contributed by atoms with Gasteiger partial charge in [-0.05, 0) is 6.07 Å². The van der Waals surface area contributed by atoms with Crippen LogP contribution in [-0.2, 0) is 4.79 Å². The number of benzene rings is 1. The highest BCUT2D eigenvalue weighted by Gasteiger charge is 2.16. The van der Waals surface area contributed by atoms with Crippen molar-refractivity contribution >= 4 is 23.3 Å². The number of amides is 1. The number of rotatable bonds is 5. The molecule has 0 aromatic heterocycles. The van der Waals surface area contributed by atoms with Gasteiger partial charge in [-0.15, -0.1) is 0 Å². The Morgan fingerprint density at radius 1 is 1.42 bits per heavy atom. The van der Waals surface area contributed by atoms with Crippen molar-refractivity contribution in [1.29, 1.82) is 0 Å². The van der Waals surface area contributed by atoms with Crippen LogP contribution in [0.5, 0.6) is 0 Å². The first-order valence-electron chi connectivity index (χ1n) is 5.28. The Balaban J connectivity index is 2.98. The van der Waals surface area contributed by atoms with Gasteiger partial charge in [0.1, 0.15) is 0 Å². The number of aromatic carboxylic acids is 1. The van der Waals surface area contributed by atoms with Crippen molar-refractivity contribution in [2.75, 3.05) is 26.0 Å². The molecule has 0 saturated heterocycles. The molecule has 0 fully saturated rings. The second kappa shape index (κ2) is 5.80. The van der Waals surface area contributed by atoms with Crippen molar-refractivity contribution in [3.8, 4) is 0 Å². The lowest BCUT2D eigenvalue weighted by Crippen LogP contribution is -2.29. The van der Waals surface area contributed by atoms with Crippen molar-refractivity contribution in [2.45, 2.75) is 0 Å². The Hall–Kier alpha value is -2.64. The van der Waals surface area contributed by atoms with Gasteiger partial charge in [0.15, 0.2) is 0 Å². The maximum absolute atomic E-state index is 11.4. The number of nitro groups is 1. The molecular formula is C11H13N3O5. The number of nitrogens with zero attached hydrogens (tertiary/aromatic N) is 2. The second-order valence-corrected chi connectivity index (χ2v) is 3.93. The van der Waals surface area contributed by atoms with E-state index >= 15 is 0 Å². The average molecular weight is 267 g/mol. The minimum absolute atomic E-state index is 0.0922. The molecule has 0 aliphatic rings. The summed E-state index contributed by atoms with van der Waals surface area (Å²) in [6.45, 7) is -0.0922. The third-order valence-electron chi connectivity index (χ3n) is 2.37. The van der Waals surface area contributed by atoms with Crippen LogP contribution in [0, 0.1) is 10.1 Å². The van der Waals surface area contributed by atoms with Gasteiger partial charge in [0.25, 0.3) is 5.69 Å². The van der Waals surface area contributed by atoms with Crippen LogP contribution in [0.4, 0.5) is 11.4 Å². The molecule has 102 valence electrons. The van der Waals surface area contributed by atoms with Crippen molar-refractivity contribution in [3.05, 3.63) is 33.9 Å². The molecule has 0 unspecified atom stereocenters. The van der Waals surface area contributed by atoms with E-state index in [-0.39, 0.29) is 29.4 Å². The van der Waals surface area contributed by atoms with E-state index in [1.807, 2.05) is 0 Å². The lowest BCUT2D eigenvalue weighted by Gasteiger charge is -2.13. The minimum Gasteiger partial charge on any atom is -0.478 e. The molecule has 0 radical (unpaired) electrons. The Bertz CT molecular complexity index is 527. The number of carboxylic acids is 1. The fourth-order valence-corrected chi connectivity index (χ4v) is 1.31. The van der Waals surface area contributed by atoms with Crippen LogP contribution in [-0.4, -0.2) is 47.4 Å². The number of carbonyl (C=O) groups is 2. The number of non-ortho nitro benzene ring substituents is 1. The molecule has 1 aromatic carbocycles. The topological polar surface area (TPSA) is 113 Å². The number of likely N-dealkylation sites (N-methyl/N-ethyl adjacent to an activating group) is 1. The van der Waals surface area contributed by atoms with Crippen molar-refractivity contribution in [3.63, 3.8) is 0 Å². The fourth-order valence-electron chi connectivity index (χ4n) is 1.31. The minimum atomic E-state index is -1.30. The van der Waals surface area contributed by atoms with Gasteiger partial charge in [0.2, 0.25) is 5.91 Å². The van der Waals surface area contributed by atoms with Crippen LogP contribution in [0.15, 0.2) is 18.2 Å². The number of anilines is 1. The summed E-state index contributed by atoms with van der Waals surface area (Å²) in [6.07, 6.45) is 0. The highest BCUT2D eigenvalue weighted by molar-refractivity contribution is 5.95. The highest BCUT2D eigenvalue weighted by atomic mass is 16.6. The van der Waals surface area contributed by atoms with Gasteiger partial charge < -0.3 is 15.3 Å². The fraction of sp³-hybridized carbons (Fsp3) is 0.273. The molecule has 19 heavy (non-hydrogen) atoms.